The van der Waals surface area contributed by atoms with E-state index in [1.807, 2.05) is 36.4 Å². The van der Waals surface area contributed by atoms with E-state index in [1.165, 1.54) is 24.8 Å². The number of rotatable bonds is 6. The van der Waals surface area contributed by atoms with Gasteiger partial charge in [-0.3, -0.25) is 0 Å². The van der Waals surface area contributed by atoms with Gasteiger partial charge in [0.15, 0.2) is 11.5 Å². The topological polar surface area (TPSA) is 59.6 Å². The summed E-state index contributed by atoms with van der Waals surface area (Å²) in [5.41, 5.74) is 2.34. The molecule has 5 nitrogen and oxygen atoms in total. The van der Waals surface area contributed by atoms with Gasteiger partial charge in [0.1, 0.15) is 0 Å². The summed E-state index contributed by atoms with van der Waals surface area (Å²) >= 11 is 0. The Bertz CT molecular complexity index is 788. The van der Waals surface area contributed by atoms with E-state index in [4.69, 9.17) is 9.47 Å². The summed E-state index contributed by atoms with van der Waals surface area (Å²) in [5, 5.41) is 6.37. The van der Waals surface area contributed by atoms with Crippen LogP contribution in [0.1, 0.15) is 43.2 Å². The van der Waals surface area contributed by atoms with Crippen molar-refractivity contribution >= 4 is 6.03 Å². The van der Waals surface area contributed by atoms with Crippen LogP contribution in [0.3, 0.4) is 0 Å². The van der Waals surface area contributed by atoms with Crippen LogP contribution in [0.5, 0.6) is 11.5 Å². The monoisotopic (exact) mass is 380 g/mol. The normalized spacial score (nSPS) is 17.1. The second-order valence-electron chi connectivity index (χ2n) is 7.73. The van der Waals surface area contributed by atoms with Crippen LogP contribution in [0.2, 0.25) is 0 Å². The molecule has 1 saturated carbocycles. The molecule has 1 atom stereocenters. The Labute approximate surface area is 166 Å². The Morgan fingerprint density at radius 1 is 0.929 bits per heavy atom. The molecule has 0 saturated heterocycles. The molecule has 0 bridgehead atoms. The Morgan fingerprint density at radius 2 is 1.68 bits per heavy atom. The first kappa shape index (κ1) is 18.7. The summed E-state index contributed by atoms with van der Waals surface area (Å²) in [6, 6.07) is 16.5. The molecule has 1 heterocycles. The van der Waals surface area contributed by atoms with Crippen molar-refractivity contribution in [2.75, 3.05) is 6.79 Å². The van der Waals surface area contributed by atoms with Crippen LogP contribution >= 0.6 is 0 Å². The van der Waals surface area contributed by atoms with Crippen LogP contribution < -0.4 is 20.1 Å². The van der Waals surface area contributed by atoms with E-state index in [9.17, 15) is 4.79 Å². The van der Waals surface area contributed by atoms with Crippen LogP contribution in [-0.2, 0) is 12.8 Å². The fourth-order valence-electron chi connectivity index (χ4n) is 4.08. The standard InChI is InChI=1S/C23H28N2O3/c26-23(24-19-9-5-2-6-10-19)25-20(13-17-7-3-1-4-8-17)14-18-11-12-21-22(15-18)28-16-27-21/h1,3-4,7-8,11-12,15,19-20H,2,5-6,9-10,13-14,16H2,(H2,24,25,26). The molecule has 0 aromatic heterocycles. The van der Waals surface area contributed by atoms with E-state index < -0.39 is 0 Å². The summed E-state index contributed by atoms with van der Waals surface area (Å²) in [4.78, 5) is 12.6. The maximum atomic E-state index is 12.6. The van der Waals surface area contributed by atoms with E-state index in [2.05, 4.69) is 22.8 Å². The molecule has 2 aromatic carbocycles. The SMILES string of the molecule is O=C(NC1CCCCC1)NC(Cc1ccccc1)Cc1ccc2c(c1)OCO2. The van der Waals surface area contributed by atoms with Crippen molar-refractivity contribution in [3.63, 3.8) is 0 Å². The van der Waals surface area contributed by atoms with Crippen molar-refractivity contribution in [1.82, 2.24) is 10.6 Å². The number of urea groups is 1. The molecule has 2 aliphatic rings. The average molecular weight is 380 g/mol. The van der Waals surface area contributed by atoms with Crippen molar-refractivity contribution in [1.29, 1.82) is 0 Å². The zero-order chi connectivity index (χ0) is 19.2. The van der Waals surface area contributed by atoms with Crippen molar-refractivity contribution in [3.05, 3.63) is 59.7 Å². The second kappa shape index (κ2) is 9.00. The van der Waals surface area contributed by atoms with Gasteiger partial charge in [-0.2, -0.15) is 0 Å². The predicted molar refractivity (Wildman–Crippen MR) is 109 cm³/mol. The first-order chi connectivity index (χ1) is 13.8. The lowest BCUT2D eigenvalue weighted by atomic mass is 9.95. The smallest absolute Gasteiger partial charge is 0.315 e. The third-order valence-corrected chi connectivity index (χ3v) is 5.52. The molecule has 1 aliphatic carbocycles. The highest BCUT2D eigenvalue weighted by molar-refractivity contribution is 5.74. The summed E-state index contributed by atoms with van der Waals surface area (Å²) in [7, 11) is 0. The fraction of sp³-hybridized carbons (Fsp3) is 0.435. The Hall–Kier alpha value is -2.69. The number of hydrogen-bond acceptors (Lipinski definition) is 3. The zero-order valence-electron chi connectivity index (χ0n) is 16.2. The van der Waals surface area contributed by atoms with Crippen LogP contribution in [-0.4, -0.2) is 24.9 Å². The minimum absolute atomic E-state index is 0.00589. The van der Waals surface area contributed by atoms with Crippen molar-refractivity contribution in [3.8, 4) is 11.5 Å². The quantitative estimate of drug-likeness (QED) is 0.790. The highest BCUT2D eigenvalue weighted by Crippen LogP contribution is 2.32. The maximum absolute atomic E-state index is 12.6. The second-order valence-corrected chi connectivity index (χ2v) is 7.73. The molecule has 148 valence electrons. The van der Waals surface area contributed by atoms with Gasteiger partial charge in [0.05, 0.1) is 0 Å². The first-order valence-electron chi connectivity index (χ1n) is 10.3. The van der Waals surface area contributed by atoms with Crippen LogP contribution in [0, 0.1) is 0 Å². The van der Waals surface area contributed by atoms with Gasteiger partial charge in [-0.05, 0) is 48.9 Å². The summed E-state index contributed by atoms with van der Waals surface area (Å²) in [5.74, 6) is 1.56. The Kier molecular flexibility index (Phi) is 6.00. The van der Waals surface area contributed by atoms with Crippen molar-refractivity contribution in [2.24, 2.45) is 0 Å². The molecular weight excluding hydrogens is 352 g/mol. The summed E-state index contributed by atoms with van der Waals surface area (Å²) < 4.78 is 10.9. The number of benzene rings is 2. The van der Waals surface area contributed by atoms with Gasteiger partial charge in [0, 0.05) is 12.1 Å². The van der Waals surface area contributed by atoms with Gasteiger partial charge in [0.25, 0.3) is 0 Å². The molecule has 2 aromatic rings. The molecule has 2 amide bonds. The van der Waals surface area contributed by atoms with E-state index in [-0.39, 0.29) is 18.9 Å². The third-order valence-electron chi connectivity index (χ3n) is 5.52. The average Bonchev–Trinajstić information content (AvgIpc) is 3.17. The van der Waals surface area contributed by atoms with Gasteiger partial charge in [-0.1, -0.05) is 55.7 Å². The first-order valence-corrected chi connectivity index (χ1v) is 10.3. The van der Waals surface area contributed by atoms with Gasteiger partial charge in [-0.25, -0.2) is 4.79 Å². The molecule has 1 fully saturated rings. The van der Waals surface area contributed by atoms with E-state index in [0.29, 0.717) is 6.04 Å². The van der Waals surface area contributed by atoms with Crippen LogP contribution in [0.4, 0.5) is 4.79 Å². The number of amides is 2. The fourth-order valence-corrected chi connectivity index (χ4v) is 4.08. The zero-order valence-corrected chi connectivity index (χ0v) is 16.2. The lowest BCUT2D eigenvalue weighted by Crippen LogP contribution is -2.48. The molecule has 1 aliphatic heterocycles. The summed E-state index contributed by atoms with van der Waals surface area (Å²) in [6.45, 7) is 0.272. The largest absolute Gasteiger partial charge is 0.454 e. The highest BCUT2D eigenvalue weighted by Gasteiger charge is 2.20. The third kappa shape index (κ3) is 4.97. The number of fused-ring (bicyclic) bond motifs is 1. The highest BCUT2D eigenvalue weighted by atomic mass is 16.7. The maximum Gasteiger partial charge on any atom is 0.315 e. The molecule has 0 radical (unpaired) electrons. The van der Waals surface area contributed by atoms with Crippen molar-refractivity contribution in [2.45, 2.75) is 57.0 Å². The molecule has 4 rings (SSSR count). The number of carbonyl (C=O) groups excluding carboxylic acids is 1. The van der Waals surface area contributed by atoms with E-state index in [1.54, 1.807) is 0 Å². The van der Waals surface area contributed by atoms with E-state index in [0.717, 1.165) is 42.7 Å². The lowest BCUT2D eigenvalue weighted by molar-refractivity contribution is 0.174. The van der Waals surface area contributed by atoms with E-state index >= 15 is 0 Å². The number of ether oxygens (including phenoxy) is 2. The van der Waals surface area contributed by atoms with Crippen LogP contribution in [0.15, 0.2) is 48.5 Å². The minimum atomic E-state index is -0.0615. The van der Waals surface area contributed by atoms with Gasteiger partial charge in [-0.15, -0.1) is 0 Å². The predicted octanol–water partition coefficient (Wildman–Crippen LogP) is 4.20. The molecule has 1 unspecified atom stereocenters. The van der Waals surface area contributed by atoms with Crippen LogP contribution in [0.25, 0.3) is 0 Å². The summed E-state index contributed by atoms with van der Waals surface area (Å²) in [6.07, 6.45) is 7.38. The van der Waals surface area contributed by atoms with Gasteiger partial charge >= 0.3 is 6.03 Å². The molecule has 5 heteroatoms. The Balaban J connectivity index is 1.42. The minimum Gasteiger partial charge on any atom is -0.454 e. The van der Waals surface area contributed by atoms with Gasteiger partial charge in [0.2, 0.25) is 6.79 Å². The number of nitrogens with one attached hydrogen (secondary N) is 2. The molecule has 28 heavy (non-hydrogen) atoms. The molecule has 2 N–H and O–H groups in total. The molecular formula is C23H28N2O3. The van der Waals surface area contributed by atoms with Crippen molar-refractivity contribution < 1.29 is 14.3 Å². The molecule has 0 spiro atoms. The van der Waals surface area contributed by atoms with Gasteiger partial charge < -0.3 is 20.1 Å². The lowest BCUT2D eigenvalue weighted by Gasteiger charge is -2.25. The Morgan fingerprint density at radius 3 is 2.50 bits per heavy atom. The number of hydrogen-bond donors (Lipinski definition) is 2. The number of carbonyl (C=O) groups is 1.